The lowest BCUT2D eigenvalue weighted by Gasteiger charge is -2.37. The number of pyridine rings is 1. The van der Waals surface area contributed by atoms with Crippen LogP contribution in [0.15, 0.2) is 18.5 Å². The maximum absolute atomic E-state index is 10.8. The Labute approximate surface area is 114 Å². The van der Waals surface area contributed by atoms with Gasteiger partial charge in [0.1, 0.15) is 0 Å². The summed E-state index contributed by atoms with van der Waals surface area (Å²) in [6, 6.07) is 2.06. The van der Waals surface area contributed by atoms with E-state index in [9.17, 15) is 4.79 Å². The molecule has 2 unspecified atom stereocenters. The Bertz CT molecular complexity index is 448. The molecule has 2 heterocycles. The zero-order valence-electron chi connectivity index (χ0n) is 11.7. The van der Waals surface area contributed by atoms with Crippen LogP contribution in [0.5, 0.6) is 0 Å². The summed E-state index contributed by atoms with van der Waals surface area (Å²) >= 11 is 0. The molecular weight excluding hydrogens is 240 g/mol. The normalized spacial score (nSPS) is 21.2. The summed E-state index contributed by atoms with van der Waals surface area (Å²) in [5.41, 5.74) is 2.43. The van der Waals surface area contributed by atoms with Crippen molar-refractivity contribution in [3.63, 3.8) is 0 Å². The van der Waals surface area contributed by atoms with E-state index in [1.54, 1.807) is 0 Å². The van der Waals surface area contributed by atoms with Gasteiger partial charge < -0.3 is 10.0 Å². The number of piperidine rings is 1. The Hall–Kier alpha value is -1.58. The maximum Gasteiger partial charge on any atom is 0.303 e. The fourth-order valence-electron chi connectivity index (χ4n) is 2.96. The van der Waals surface area contributed by atoms with Gasteiger partial charge in [-0.05, 0) is 43.2 Å². The zero-order chi connectivity index (χ0) is 13.8. The van der Waals surface area contributed by atoms with E-state index in [2.05, 4.69) is 29.8 Å². The number of aromatic nitrogens is 1. The fourth-order valence-corrected chi connectivity index (χ4v) is 2.96. The summed E-state index contributed by atoms with van der Waals surface area (Å²) in [6.45, 7) is 6.15. The van der Waals surface area contributed by atoms with Crippen molar-refractivity contribution in [3.8, 4) is 0 Å². The highest BCUT2D eigenvalue weighted by Crippen LogP contribution is 2.30. The largest absolute Gasteiger partial charge is 0.481 e. The smallest absolute Gasteiger partial charge is 0.303 e. The first-order valence-electron chi connectivity index (χ1n) is 6.95. The minimum absolute atomic E-state index is 0.238. The second kappa shape index (κ2) is 6.04. The third-order valence-electron chi connectivity index (χ3n) is 4.09. The number of hydrogen-bond acceptors (Lipinski definition) is 3. The molecule has 0 spiro atoms. The molecule has 0 radical (unpaired) electrons. The van der Waals surface area contributed by atoms with E-state index in [0.29, 0.717) is 5.92 Å². The van der Waals surface area contributed by atoms with Crippen LogP contribution in [0.3, 0.4) is 0 Å². The molecule has 1 N–H and O–H groups in total. The molecule has 1 aliphatic heterocycles. The van der Waals surface area contributed by atoms with Crippen molar-refractivity contribution in [2.75, 3.05) is 18.0 Å². The average Bonchev–Trinajstić information content (AvgIpc) is 2.38. The van der Waals surface area contributed by atoms with Crippen LogP contribution >= 0.6 is 0 Å². The summed E-state index contributed by atoms with van der Waals surface area (Å²) < 4.78 is 0. The third-order valence-corrected chi connectivity index (χ3v) is 4.09. The van der Waals surface area contributed by atoms with Gasteiger partial charge in [-0.15, -0.1) is 0 Å². The molecule has 0 bridgehead atoms. The van der Waals surface area contributed by atoms with Crippen LogP contribution in [0.1, 0.15) is 31.7 Å². The van der Waals surface area contributed by atoms with E-state index in [1.807, 2.05) is 12.4 Å². The van der Waals surface area contributed by atoms with E-state index in [-0.39, 0.29) is 12.3 Å². The molecule has 2 rings (SSSR count). The lowest BCUT2D eigenvalue weighted by atomic mass is 9.84. The second-order valence-corrected chi connectivity index (χ2v) is 5.59. The molecule has 104 valence electrons. The first-order chi connectivity index (χ1) is 9.08. The summed E-state index contributed by atoms with van der Waals surface area (Å²) in [4.78, 5) is 17.3. The van der Waals surface area contributed by atoms with E-state index < -0.39 is 5.97 Å². The monoisotopic (exact) mass is 262 g/mol. The molecular formula is C15H22N2O2. The van der Waals surface area contributed by atoms with Gasteiger partial charge in [0.05, 0.1) is 0 Å². The summed E-state index contributed by atoms with van der Waals surface area (Å²) in [5, 5.41) is 8.92. The van der Waals surface area contributed by atoms with Crippen molar-refractivity contribution >= 4 is 11.7 Å². The number of carbonyl (C=O) groups is 1. The quantitative estimate of drug-likeness (QED) is 0.906. The molecule has 0 saturated carbocycles. The Kier molecular flexibility index (Phi) is 4.40. The topological polar surface area (TPSA) is 53.4 Å². The van der Waals surface area contributed by atoms with E-state index in [0.717, 1.165) is 25.9 Å². The van der Waals surface area contributed by atoms with Crippen LogP contribution in [0, 0.1) is 18.8 Å². The standard InChI is InChI=1S/C15H22N2O2/c1-11(8-15(18)19)13-4-3-7-17(10-13)14-5-6-16-9-12(14)2/h5-6,9,11,13H,3-4,7-8,10H2,1-2H3,(H,18,19). The predicted molar refractivity (Wildman–Crippen MR) is 75.3 cm³/mol. The van der Waals surface area contributed by atoms with Crippen LogP contribution in [0.2, 0.25) is 0 Å². The van der Waals surface area contributed by atoms with Crippen LogP contribution in [-0.2, 0) is 4.79 Å². The van der Waals surface area contributed by atoms with E-state index >= 15 is 0 Å². The summed E-state index contributed by atoms with van der Waals surface area (Å²) in [5.74, 6) is 0.0181. The molecule has 2 atom stereocenters. The van der Waals surface area contributed by atoms with Gasteiger partial charge in [-0.2, -0.15) is 0 Å². The van der Waals surface area contributed by atoms with Gasteiger partial charge in [-0.3, -0.25) is 9.78 Å². The first kappa shape index (κ1) is 13.8. The number of carboxylic acid groups (broad SMARTS) is 1. The highest BCUT2D eigenvalue weighted by Gasteiger charge is 2.26. The number of nitrogens with zero attached hydrogens (tertiary/aromatic N) is 2. The molecule has 1 aromatic rings. The van der Waals surface area contributed by atoms with Crippen molar-refractivity contribution in [1.82, 2.24) is 4.98 Å². The van der Waals surface area contributed by atoms with Gasteiger partial charge in [0.25, 0.3) is 0 Å². The van der Waals surface area contributed by atoms with Gasteiger partial charge in [0, 0.05) is 37.6 Å². The molecule has 4 nitrogen and oxygen atoms in total. The number of carboxylic acids is 1. The van der Waals surface area contributed by atoms with Crippen LogP contribution < -0.4 is 4.90 Å². The van der Waals surface area contributed by atoms with Gasteiger partial charge >= 0.3 is 5.97 Å². The van der Waals surface area contributed by atoms with Crippen molar-refractivity contribution in [3.05, 3.63) is 24.0 Å². The molecule has 1 aromatic heterocycles. The number of aliphatic carboxylic acids is 1. The van der Waals surface area contributed by atoms with Crippen molar-refractivity contribution in [2.24, 2.45) is 11.8 Å². The Morgan fingerprint density at radius 1 is 1.63 bits per heavy atom. The third kappa shape index (κ3) is 3.46. The molecule has 0 aromatic carbocycles. The lowest BCUT2D eigenvalue weighted by molar-refractivity contribution is -0.138. The van der Waals surface area contributed by atoms with E-state index in [4.69, 9.17) is 5.11 Å². The van der Waals surface area contributed by atoms with Crippen LogP contribution in [0.25, 0.3) is 0 Å². The fraction of sp³-hybridized carbons (Fsp3) is 0.600. The summed E-state index contributed by atoms with van der Waals surface area (Å²) in [7, 11) is 0. The highest BCUT2D eigenvalue weighted by molar-refractivity contribution is 5.67. The van der Waals surface area contributed by atoms with Crippen molar-refractivity contribution in [2.45, 2.75) is 33.1 Å². The Morgan fingerprint density at radius 3 is 3.11 bits per heavy atom. The predicted octanol–water partition coefficient (Wildman–Crippen LogP) is 2.72. The maximum atomic E-state index is 10.8. The number of rotatable bonds is 4. The summed E-state index contributed by atoms with van der Waals surface area (Å²) in [6.07, 6.45) is 6.26. The molecule has 1 aliphatic rings. The number of hydrogen-bond donors (Lipinski definition) is 1. The van der Waals surface area contributed by atoms with Crippen LogP contribution in [-0.4, -0.2) is 29.1 Å². The number of aryl methyl sites for hydroxylation is 1. The molecule has 0 amide bonds. The zero-order valence-corrected chi connectivity index (χ0v) is 11.7. The molecule has 1 fully saturated rings. The highest BCUT2D eigenvalue weighted by atomic mass is 16.4. The van der Waals surface area contributed by atoms with Gasteiger partial charge in [0.2, 0.25) is 0 Å². The second-order valence-electron chi connectivity index (χ2n) is 5.59. The lowest BCUT2D eigenvalue weighted by Crippen LogP contribution is -2.38. The van der Waals surface area contributed by atoms with Crippen molar-refractivity contribution < 1.29 is 9.90 Å². The number of anilines is 1. The SMILES string of the molecule is Cc1cnccc1N1CCCC(C(C)CC(=O)O)C1. The average molecular weight is 262 g/mol. The molecule has 4 heteroatoms. The van der Waals surface area contributed by atoms with Crippen molar-refractivity contribution in [1.29, 1.82) is 0 Å². The Morgan fingerprint density at radius 2 is 2.42 bits per heavy atom. The van der Waals surface area contributed by atoms with E-state index in [1.165, 1.54) is 11.3 Å². The van der Waals surface area contributed by atoms with Gasteiger partial charge in [-0.25, -0.2) is 0 Å². The van der Waals surface area contributed by atoms with Gasteiger partial charge in [-0.1, -0.05) is 6.92 Å². The van der Waals surface area contributed by atoms with Gasteiger partial charge in [0.15, 0.2) is 0 Å². The minimum atomic E-state index is -0.690. The van der Waals surface area contributed by atoms with Crippen LogP contribution in [0.4, 0.5) is 5.69 Å². The molecule has 1 saturated heterocycles. The first-order valence-corrected chi connectivity index (χ1v) is 6.95. The Balaban J connectivity index is 2.05. The minimum Gasteiger partial charge on any atom is -0.481 e. The molecule has 0 aliphatic carbocycles. The molecule has 19 heavy (non-hydrogen) atoms.